The molecule has 2 rings (SSSR count). The Morgan fingerprint density at radius 2 is 2.05 bits per heavy atom. The highest BCUT2D eigenvalue weighted by molar-refractivity contribution is 5.88. The number of alkyl halides is 3. The maximum absolute atomic E-state index is 12.8. The molecule has 22 heavy (non-hydrogen) atoms. The third kappa shape index (κ3) is 3.69. The van der Waals surface area contributed by atoms with Crippen LogP contribution >= 0.6 is 0 Å². The molecule has 0 saturated carbocycles. The predicted octanol–water partition coefficient (Wildman–Crippen LogP) is 3.74. The Bertz CT molecular complexity index is 633. The molecular formula is C16H16F3NO2. The largest absolute Gasteiger partial charge is 0.461 e. The summed E-state index contributed by atoms with van der Waals surface area (Å²) in [6, 6.07) is 5.09. The number of allylic oxidation sites excluding steroid dienone is 3. The quantitative estimate of drug-likeness (QED) is 0.864. The summed E-state index contributed by atoms with van der Waals surface area (Å²) in [5.74, 6) is -0.935. The third-order valence-corrected chi connectivity index (χ3v) is 3.20. The summed E-state index contributed by atoms with van der Waals surface area (Å²) in [6.07, 6.45) is -1.06. The normalized spacial score (nSPS) is 18.1. The number of benzene rings is 1. The van der Waals surface area contributed by atoms with Crippen molar-refractivity contribution in [3.8, 4) is 0 Å². The maximum atomic E-state index is 12.8. The van der Waals surface area contributed by atoms with Crippen molar-refractivity contribution >= 4 is 5.97 Å². The van der Waals surface area contributed by atoms with E-state index in [4.69, 9.17) is 4.74 Å². The van der Waals surface area contributed by atoms with E-state index >= 15 is 0 Å². The van der Waals surface area contributed by atoms with Crippen molar-refractivity contribution < 1.29 is 22.7 Å². The van der Waals surface area contributed by atoms with Crippen LogP contribution in [-0.2, 0) is 15.7 Å². The molecule has 1 aromatic carbocycles. The number of carbonyl (C=O) groups excluding carboxylic acids is 1. The summed E-state index contributed by atoms with van der Waals surface area (Å²) in [5.41, 5.74) is 0.690. The van der Waals surface area contributed by atoms with Crippen LogP contribution in [0.1, 0.15) is 30.9 Å². The number of hydrogen-bond acceptors (Lipinski definition) is 3. The second-order valence-electron chi connectivity index (χ2n) is 4.92. The second-order valence-corrected chi connectivity index (χ2v) is 4.92. The number of ether oxygens (including phenoxy) is 1. The zero-order valence-corrected chi connectivity index (χ0v) is 12.2. The van der Waals surface area contributed by atoms with Crippen LogP contribution in [0.15, 0.2) is 47.8 Å². The first-order valence-electron chi connectivity index (χ1n) is 6.83. The van der Waals surface area contributed by atoms with Gasteiger partial charge in [0.2, 0.25) is 0 Å². The van der Waals surface area contributed by atoms with Crippen molar-refractivity contribution in [1.29, 1.82) is 0 Å². The van der Waals surface area contributed by atoms with Gasteiger partial charge in [0.25, 0.3) is 0 Å². The first-order valence-corrected chi connectivity index (χ1v) is 6.83. The highest BCUT2D eigenvalue weighted by Crippen LogP contribution is 2.33. The lowest BCUT2D eigenvalue weighted by atomic mass is 9.93. The van der Waals surface area contributed by atoms with Crippen LogP contribution in [0.2, 0.25) is 0 Å². The van der Waals surface area contributed by atoms with Gasteiger partial charge in [-0.2, -0.15) is 13.2 Å². The molecule has 0 saturated heterocycles. The molecule has 0 aliphatic carbocycles. The first kappa shape index (κ1) is 16.1. The zero-order valence-electron chi connectivity index (χ0n) is 12.2. The minimum atomic E-state index is -4.39. The summed E-state index contributed by atoms with van der Waals surface area (Å²) in [5, 5.41) is 2.87. The van der Waals surface area contributed by atoms with Crippen LogP contribution in [0.5, 0.6) is 0 Å². The van der Waals surface area contributed by atoms with Gasteiger partial charge >= 0.3 is 12.1 Å². The lowest BCUT2D eigenvalue weighted by Gasteiger charge is -2.21. The first-order chi connectivity index (χ1) is 10.3. The molecule has 0 radical (unpaired) electrons. The van der Waals surface area contributed by atoms with Gasteiger partial charge in [-0.15, -0.1) is 0 Å². The standard InChI is InChI=1S/C16H16F3NO2/c1-3-22-15(21)14-9-12(7-10(2)20-14)11-5-4-6-13(8-11)16(17,18)19/h4-9,12,20H,3H2,1-2H3. The molecule has 3 nitrogen and oxygen atoms in total. The van der Waals surface area contributed by atoms with Gasteiger partial charge in [-0.25, -0.2) is 4.79 Å². The molecular weight excluding hydrogens is 295 g/mol. The van der Waals surface area contributed by atoms with E-state index in [1.807, 2.05) is 0 Å². The van der Waals surface area contributed by atoms with Gasteiger partial charge in [0.1, 0.15) is 5.70 Å². The Hall–Kier alpha value is -2.24. The van der Waals surface area contributed by atoms with E-state index in [-0.39, 0.29) is 12.3 Å². The van der Waals surface area contributed by atoms with Crippen LogP contribution in [0.25, 0.3) is 0 Å². The average Bonchev–Trinajstić information content (AvgIpc) is 2.46. The summed E-state index contributed by atoms with van der Waals surface area (Å²) in [6.45, 7) is 3.66. The number of nitrogens with one attached hydrogen (secondary N) is 1. The fourth-order valence-electron chi connectivity index (χ4n) is 2.24. The van der Waals surface area contributed by atoms with Gasteiger partial charge in [-0.05, 0) is 31.6 Å². The molecule has 1 unspecified atom stereocenters. The van der Waals surface area contributed by atoms with Crippen LogP contribution in [-0.4, -0.2) is 12.6 Å². The molecule has 0 fully saturated rings. The van der Waals surface area contributed by atoms with E-state index in [0.29, 0.717) is 11.3 Å². The number of halogens is 3. The molecule has 1 heterocycles. The monoisotopic (exact) mass is 311 g/mol. The molecule has 1 aliphatic rings. The molecule has 0 spiro atoms. The lowest BCUT2D eigenvalue weighted by Crippen LogP contribution is -2.25. The van der Waals surface area contributed by atoms with Crippen molar-refractivity contribution in [1.82, 2.24) is 5.32 Å². The minimum absolute atomic E-state index is 0.231. The number of dihydropyridines is 1. The van der Waals surface area contributed by atoms with E-state index in [1.165, 1.54) is 6.07 Å². The van der Waals surface area contributed by atoms with E-state index in [1.54, 1.807) is 32.1 Å². The summed E-state index contributed by atoms with van der Waals surface area (Å²) in [4.78, 5) is 11.8. The van der Waals surface area contributed by atoms with E-state index in [0.717, 1.165) is 12.1 Å². The highest BCUT2D eigenvalue weighted by Gasteiger charge is 2.31. The molecule has 0 bridgehead atoms. The predicted molar refractivity (Wildman–Crippen MR) is 75.8 cm³/mol. The molecule has 1 N–H and O–H groups in total. The summed E-state index contributed by atoms with van der Waals surface area (Å²) < 4.78 is 43.3. The van der Waals surface area contributed by atoms with Gasteiger partial charge in [-0.1, -0.05) is 24.3 Å². The number of carbonyl (C=O) groups is 1. The van der Waals surface area contributed by atoms with Gasteiger partial charge in [-0.3, -0.25) is 0 Å². The molecule has 1 aliphatic heterocycles. The van der Waals surface area contributed by atoms with Gasteiger partial charge in [0, 0.05) is 11.6 Å². The molecule has 0 aromatic heterocycles. The van der Waals surface area contributed by atoms with Crippen molar-refractivity contribution in [3.63, 3.8) is 0 Å². The Labute approximate surface area is 126 Å². The zero-order chi connectivity index (χ0) is 16.3. The Morgan fingerprint density at radius 3 is 2.68 bits per heavy atom. The highest BCUT2D eigenvalue weighted by atomic mass is 19.4. The fraction of sp³-hybridized carbons (Fsp3) is 0.312. The Balaban J connectivity index is 2.34. The maximum Gasteiger partial charge on any atom is 0.416 e. The smallest absolute Gasteiger partial charge is 0.416 e. The molecule has 6 heteroatoms. The van der Waals surface area contributed by atoms with Gasteiger partial charge < -0.3 is 10.1 Å². The van der Waals surface area contributed by atoms with Crippen molar-refractivity contribution in [2.24, 2.45) is 0 Å². The van der Waals surface area contributed by atoms with Crippen LogP contribution in [0.3, 0.4) is 0 Å². The SMILES string of the molecule is CCOC(=O)C1=CC(c2cccc(C(F)(F)F)c2)C=C(C)N1. The van der Waals surface area contributed by atoms with E-state index in [2.05, 4.69) is 5.32 Å². The Morgan fingerprint density at radius 1 is 1.32 bits per heavy atom. The van der Waals surface area contributed by atoms with Crippen molar-refractivity contribution in [3.05, 3.63) is 58.9 Å². The van der Waals surface area contributed by atoms with Crippen LogP contribution in [0.4, 0.5) is 13.2 Å². The van der Waals surface area contributed by atoms with Gasteiger partial charge in [0.15, 0.2) is 0 Å². The molecule has 0 amide bonds. The second kappa shape index (κ2) is 6.25. The minimum Gasteiger partial charge on any atom is -0.461 e. The molecule has 1 atom stereocenters. The lowest BCUT2D eigenvalue weighted by molar-refractivity contribution is -0.139. The summed E-state index contributed by atoms with van der Waals surface area (Å²) >= 11 is 0. The van der Waals surface area contributed by atoms with Crippen molar-refractivity contribution in [2.45, 2.75) is 25.9 Å². The molecule has 1 aromatic rings. The van der Waals surface area contributed by atoms with Gasteiger partial charge in [0.05, 0.1) is 12.2 Å². The summed E-state index contributed by atoms with van der Waals surface area (Å²) in [7, 11) is 0. The van der Waals surface area contributed by atoms with Crippen LogP contribution < -0.4 is 5.32 Å². The number of esters is 1. The third-order valence-electron chi connectivity index (χ3n) is 3.20. The van der Waals surface area contributed by atoms with E-state index < -0.39 is 23.6 Å². The Kier molecular flexibility index (Phi) is 4.59. The number of rotatable bonds is 3. The number of hydrogen-bond donors (Lipinski definition) is 1. The topological polar surface area (TPSA) is 38.3 Å². The van der Waals surface area contributed by atoms with E-state index in [9.17, 15) is 18.0 Å². The van der Waals surface area contributed by atoms with Crippen LogP contribution in [0, 0.1) is 0 Å². The van der Waals surface area contributed by atoms with Crippen molar-refractivity contribution in [2.75, 3.05) is 6.61 Å². The fourth-order valence-corrected chi connectivity index (χ4v) is 2.24. The molecule has 118 valence electrons. The average molecular weight is 311 g/mol.